The zero-order valence-electron chi connectivity index (χ0n) is 17.9. The highest BCUT2D eigenvalue weighted by molar-refractivity contribution is 5.83. The van der Waals surface area contributed by atoms with Gasteiger partial charge >= 0.3 is 0 Å². The van der Waals surface area contributed by atoms with E-state index in [0.29, 0.717) is 19.5 Å². The van der Waals surface area contributed by atoms with Crippen LogP contribution in [0.25, 0.3) is 5.57 Å². The second-order valence-electron chi connectivity index (χ2n) is 8.62. The number of hydrogen-bond acceptors (Lipinski definition) is 2. The minimum absolute atomic E-state index is 0.245. The van der Waals surface area contributed by atoms with Gasteiger partial charge in [0.2, 0.25) is 5.91 Å². The smallest absolute Gasteiger partial charge is 0.222 e. The van der Waals surface area contributed by atoms with Crippen LogP contribution in [0.4, 0.5) is 8.78 Å². The molecule has 3 nitrogen and oxygen atoms in total. The molecule has 2 aromatic carbocycles. The molecule has 2 fully saturated rings. The van der Waals surface area contributed by atoms with E-state index in [2.05, 4.69) is 5.32 Å². The molecule has 2 aliphatic rings. The van der Waals surface area contributed by atoms with E-state index in [1.807, 2.05) is 4.90 Å². The Bertz CT molecular complexity index is 858. The molecule has 164 valence electrons. The minimum Gasteiger partial charge on any atom is -0.342 e. The van der Waals surface area contributed by atoms with Gasteiger partial charge in [-0.25, -0.2) is 8.78 Å². The van der Waals surface area contributed by atoms with Gasteiger partial charge < -0.3 is 10.2 Å². The maximum Gasteiger partial charge on any atom is 0.222 e. The Kier molecular flexibility index (Phi) is 7.13. The molecule has 2 aliphatic heterocycles. The number of hydrogen-bond donors (Lipinski definition) is 1. The third-order valence-electron chi connectivity index (χ3n) is 6.50. The summed E-state index contributed by atoms with van der Waals surface area (Å²) in [6, 6.07) is 12.9. The highest BCUT2D eigenvalue weighted by Crippen LogP contribution is 2.33. The van der Waals surface area contributed by atoms with Crippen LogP contribution in [0.15, 0.2) is 54.1 Å². The lowest BCUT2D eigenvalue weighted by molar-refractivity contribution is -0.131. The Morgan fingerprint density at radius 3 is 2.03 bits per heavy atom. The molecule has 2 aromatic rings. The van der Waals surface area contributed by atoms with Crippen LogP contribution in [-0.2, 0) is 4.79 Å². The number of carbonyl (C=O) groups excluding carboxylic acids is 1. The van der Waals surface area contributed by atoms with Crippen molar-refractivity contribution in [2.75, 3.05) is 26.2 Å². The number of likely N-dealkylation sites (tertiary alicyclic amines) is 1. The lowest BCUT2D eigenvalue weighted by atomic mass is 9.88. The van der Waals surface area contributed by atoms with Gasteiger partial charge in [0.25, 0.3) is 0 Å². The molecule has 0 aromatic heterocycles. The van der Waals surface area contributed by atoms with Crippen LogP contribution in [0.5, 0.6) is 0 Å². The SMILES string of the molecule is O=C(CCCC1CCNC1)N1CCC(=C(c2ccc(F)cc2)c2ccc(F)cc2)CC1. The van der Waals surface area contributed by atoms with Gasteiger partial charge in [-0.2, -0.15) is 0 Å². The van der Waals surface area contributed by atoms with Gasteiger partial charge in [-0.15, -0.1) is 0 Å². The highest BCUT2D eigenvalue weighted by Gasteiger charge is 2.23. The lowest BCUT2D eigenvalue weighted by Crippen LogP contribution is -2.36. The second-order valence-corrected chi connectivity index (χ2v) is 8.62. The summed E-state index contributed by atoms with van der Waals surface area (Å²) >= 11 is 0. The molecule has 5 heteroatoms. The van der Waals surface area contributed by atoms with Gasteiger partial charge in [0.15, 0.2) is 0 Å². The first kappa shape index (κ1) is 21.7. The molecule has 4 rings (SSSR count). The number of nitrogens with one attached hydrogen (secondary N) is 1. The number of amides is 1. The summed E-state index contributed by atoms with van der Waals surface area (Å²) in [5, 5.41) is 3.38. The summed E-state index contributed by atoms with van der Waals surface area (Å²) in [4.78, 5) is 14.6. The predicted molar refractivity (Wildman–Crippen MR) is 119 cm³/mol. The highest BCUT2D eigenvalue weighted by atomic mass is 19.1. The third kappa shape index (κ3) is 5.59. The molecule has 0 radical (unpaired) electrons. The molecule has 2 saturated heterocycles. The first-order chi connectivity index (χ1) is 15.1. The van der Waals surface area contributed by atoms with Crippen LogP contribution in [0.3, 0.4) is 0 Å². The molecule has 1 atom stereocenters. The first-order valence-electron chi connectivity index (χ1n) is 11.3. The van der Waals surface area contributed by atoms with Crippen LogP contribution in [0, 0.1) is 17.6 Å². The average molecular weight is 425 g/mol. The summed E-state index contributed by atoms with van der Waals surface area (Å²) < 4.78 is 27.0. The van der Waals surface area contributed by atoms with Crippen LogP contribution in [0.2, 0.25) is 0 Å². The molecule has 31 heavy (non-hydrogen) atoms. The Morgan fingerprint density at radius 1 is 0.935 bits per heavy atom. The van der Waals surface area contributed by atoms with E-state index in [0.717, 1.165) is 61.4 Å². The number of halogens is 2. The van der Waals surface area contributed by atoms with Gasteiger partial charge in [-0.1, -0.05) is 29.8 Å². The standard InChI is InChI=1S/C26H30F2N2O/c27-23-8-4-20(5-9-23)26(21-6-10-24(28)11-7-21)22-13-16-30(17-14-22)25(31)3-1-2-19-12-15-29-18-19/h4-11,19,29H,1-3,12-18H2. The molecule has 0 spiro atoms. The topological polar surface area (TPSA) is 32.3 Å². The van der Waals surface area contributed by atoms with Crippen molar-refractivity contribution in [3.05, 3.63) is 76.9 Å². The van der Waals surface area contributed by atoms with Crippen LogP contribution >= 0.6 is 0 Å². The van der Waals surface area contributed by atoms with E-state index in [9.17, 15) is 13.6 Å². The molecular weight excluding hydrogens is 394 g/mol. The molecule has 1 N–H and O–H groups in total. The number of rotatable bonds is 6. The zero-order chi connectivity index (χ0) is 21.6. The van der Waals surface area contributed by atoms with Gasteiger partial charge in [-0.05, 0) is 92.1 Å². The normalized spacial score (nSPS) is 19.0. The fourth-order valence-corrected chi connectivity index (χ4v) is 4.74. The van der Waals surface area contributed by atoms with Gasteiger partial charge in [0.1, 0.15) is 11.6 Å². The molecular formula is C26H30F2N2O. The molecule has 0 aliphatic carbocycles. The quantitative estimate of drug-likeness (QED) is 0.694. The zero-order valence-corrected chi connectivity index (χ0v) is 17.9. The largest absolute Gasteiger partial charge is 0.342 e. The Labute approximate surface area is 183 Å². The van der Waals surface area contributed by atoms with Crippen molar-refractivity contribution in [2.45, 2.75) is 38.5 Å². The number of nitrogens with zero attached hydrogens (tertiary/aromatic N) is 1. The van der Waals surface area contributed by atoms with Crippen molar-refractivity contribution in [3.8, 4) is 0 Å². The maximum absolute atomic E-state index is 13.5. The fourth-order valence-electron chi connectivity index (χ4n) is 4.74. The Hall–Kier alpha value is -2.53. The number of piperidine rings is 1. The van der Waals surface area contributed by atoms with E-state index >= 15 is 0 Å². The van der Waals surface area contributed by atoms with E-state index in [1.54, 1.807) is 24.3 Å². The first-order valence-corrected chi connectivity index (χ1v) is 11.3. The molecule has 0 saturated carbocycles. The average Bonchev–Trinajstić information content (AvgIpc) is 3.30. The van der Waals surface area contributed by atoms with Crippen molar-refractivity contribution >= 4 is 11.5 Å². The van der Waals surface area contributed by atoms with Crippen molar-refractivity contribution in [1.82, 2.24) is 10.2 Å². The summed E-state index contributed by atoms with van der Waals surface area (Å²) in [7, 11) is 0. The second kappa shape index (κ2) is 10.2. The van der Waals surface area contributed by atoms with Crippen LogP contribution < -0.4 is 5.32 Å². The van der Waals surface area contributed by atoms with Crippen molar-refractivity contribution < 1.29 is 13.6 Å². The Balaban J connectivity index is 1.44. The fraction of sp³-hybridized carbons (Fsp3) is 0.423. The summed E-state index contributed by atoms with van der Waals surface area (Å²) in [5.74, 6) is 0.412. The van der Waals surface area contributed by atoms with Crippen LogP contribution in [0.1, 0.15) is 49.7 Å². The maximum atomic E-state index is 13.5. The Morgan fingerprint density at radius 2 is 1.52 bits per heavy atom. The van der Waals surface area contributed by atoms with Crippen molar-refractivity contribution in [2.24, 2.45) is 5.92 Å². The number of carbonyl (C=O) groups is 1. The van der Waals surface area contributed by atoms with E-state index in [1.165, 1.54) is 36.3 Å². The van der Waals surface area contributed by atoms with E-state index < -0.39 is 0 Å². The van der Waals surface area contributed by atoms with Gasteiger partial charge in [0, 0.05) is 19.5 Å². The monoisotopic (exact) mass is 424 g/mol. The van der Waals surface area contributed by atoms with E-state index in [4.69, 9.17) is 0 Å². The molecule has 0 bridgehead atoms. The predicted octanol–water partition coefficient (Wildman–Crippen LogP) is 5.17. The minimum atomic E-state index is -0.277. The number of benzene rings is 2. The molecule has 1 amide bonds. The van der Waals surface area contributed by atoms with Gasteiger partial charge in [-0.3, -0.25) is 4.79 Å². The summed E-state index contributed by atoms with van der Waals surface area (Å²) in [6.45, 7) is 3.59. The summed E-state index contributed by atoms with van der Waals surface area (Å²) in [6.07, 6.45) is 5.49. The van der Waals surface area contributed by atoms with Crippen molar-refractivity contribution in [3.63, 3.8) is 0 Å². The van der Waals surface area contributed by atoms with Crippen LogP contribution in [-0.4, -0.2) is 37.0 Å². The van der Waals surface area contributed by atoms with Crippen molar-refractivity contribution in [1.29, 1.82) is 0 Å². The van der Waals surface area contributed by atoms with E-state index in [-0.39, 0.29) is 17.5 Å². The molecule has 2 heterocycles. The third-order valence-corrected chi connectivity index (χ3v) is 6.50. The lowest BCUT2D eigenvalue weighted by Gasteiger charge is -2.30. The summed E-state index contributed by atoms with van der Waals surface area (Å²) in [5.41, 5.74) is 4.11. The van der Waals surface area contributed by atoms with Gasteiger partial charge in [0.05, 0.1) is 0 Å². The molecule has 1 unspecified atom stereocenters.